The molecule has 4 nitrogen and oxygen atoms in total. The first-order valence-electron chi connectivity index (χ1n) is 4.63. The number of carboxylic acids is 1. The van der Waals surface area contributed by atoms with Crippen LogP contribution in [0, 0.1) is 6.92 Å². The topological polar surface area (TPSA) is 55.1 Å². The van der Waals surface area contributed by atoms with Gasteiger partial charge in [0.1, 0.15) is 0 Å². The standard InChI is InChI=1S/C11H9ClN2O2/c1-7-10(12)6-14(13-7)9-4-2-3-8(5-9)11(15)16/h2-6H,1H3,(H,15,16). The number of hydrogen-bond donors (Lipinski definition) is 1. The van der Waals surface area contributed by atoms with Crippen molar-refractivity contribution in [1.29, 1.82) is 0 Å². The summed E-state index contributed by atoms with van der Waals surface area (Å²) in [5.41, 5.74) is 1.61. The molecule has 0 unspecified atom stereocenters. The third-order valence-corrected chi connectivity index (χ3v) is 2.57. The van der Waals surface area contributed by atoms with Crippen molar-refractivity contribution in [2.45, 2.75) is 6.92 Å². The van der Waals surface area contributed by atoms with Crippen molar-refractivity contribution in [2.75, 3.05) is 0 Å². The number of carboxylic acid groups (broad SMARTS) is 1. The third kappa shape index (κ3) is 1.92. The van der Waals surface area contributed by atoms with Crippen LogP contribution in [0.15, 0.2) is 30.5 Å². The van der Waals surface area contributed by atoms with E-state index in [-0.39, 0.29) is 5.56 Å². The van der Waals surface area contributed by atoms with Crippen molar-refractivity contribution in [1.82, 2.24) is 9.78 Å². The third-order valence-electron chi connectivity index (χ3n) is 2.20. The molecule has 0 aliphatic carbocycles. The Balaban J connectivity index is 2.48. The van der Waals surface area contributed by atoms with Gasteiger partial charge in [0.15, 0.2) is 0 Å². The van der Waals surface area contributed by atoms with Crippen LogP contribution in [0.2, 0.25) is 5.02 Å². The summed E-state index contributed by atoms with van der Waals surface area (Å²) in [6.45, 7) is 1.79. The summed E-state index contributed by atoms with van der Waals surface area (Å²) in [6, 6.07) is 6.52. The van der Waals surface area contributed by atoms with Gasteiger partial charge in [0.05, 0.1) is 22.0 Å². The highest BCUT2D eigenvalue weighted by Gasteiger charge is 2.07. The average Bonchev–Trinajstić information content (AvgIpc) is 2.59. The lowest BCUT2D eigenvalue weighted by Crippen LogP contribution is -2.00. The van der Waals surface area contributed by atoms with Crippen molar-refractivity contribution < 1.29 is 9.90 Å². The van der Waals surface area contributed by atoms with Crippen LogP contribution in [0.1, 0.15) is 16.1 Å². The van der Waals surface area contributed by atoms with Crippen molar-refractivity contribution in [2.24, 2.45) is 0 Å². The van der Waals surface area contributed by atoms with Gasteiger partial charge in [0, 0.05) is 6.20 Å². The molecule has 16 heavy (non-hydrogen) atoms. The first-order chi connectivity index (χ1) is 7.58. The highest BCUT2D eigenvalue weighted by atomic mass is 35.5. The maximum absolute atomic E-state index is 10.8. The van der Waals surface area contributed by atoms with Crippen LogP contribution in [-0.2, 0) is 0 Å². The Labute approximate surface area is 97.1 Å². The molecule has 1 aromatic carbocycles. The molecule has 0 amide bonds. The van der Waals surface area contributed by atoms with E-state index in [4.69, 9.17) is 16.7 Å². The molecule has 1 heterocycles. The fraction of sp³-hybridized carbons (Fsp3) is 0.0909. The van der Waals surface area contributed by atoms with Crippen LogP contribution in [0.5, 0.6) is 0 Å². The lowest BCUT2D eigenvalue weighted by atomic mass is 10.2. The van der Waals surface area contributed by atoms with Crippen LogP contribution in [-0.4, -0.2) is 20.9 Å². The maximum Gasteiger partial charge on any atom is 0.335 e. The highest BCUT2D eigenvalue weighted by molar-refractivity contribution is 6.31. The molecule has 5 heteroatoms. The summed E-state index contributed by atoms with van der Waals surface area (Å²) in [7, 11) is 0. The number of rotatable bonds is 2. The Morgan fingerprint density at radius 1 is 1.50 bits per heavy atom. The van der Waals surface area contributed by atoms with Crippen LogP contribution in [0.4, 0.5) is 0 Å². The molecule has 0 saturated heterocycles. The van der Waals surface area contributed by atoms with Crippen molar-refractivity contribution in [3.63, 3.8) is 0 Å². The van der Waals surface area contributed by atoms with Gasteiger partial charge < -0.3 is 5.11 Å². The Morgan fingerprint density at radius 3 is 2.81 bits per heavy atom. The van der Waals surface area contributed by atoms with Gasteiger partial charge in [-0.15, -0.1) is 0 Å². The van der Waals surface area contributed by atoms with Crippen LogP contribution in [0.3, 0.4) is 0 Å². The molecule has 2 aromatic rings. The summed E-state index contributed by atoms with van der Waals surface area (Å²) in [5, 5.41) is 13.6. The SMILES string of the molecule is Cc1nn(-c2cccc(C(=O)O)c2)cc1Cl. The number of carbonyl (C=O) groups is 1. The van der Waals surface area contributed by atoms with Gasteiger partial charge in [-0.2, -0.15) is 5.10 Å². The van der Waals surface area contributed by atoms with Gasteiger partial charge in [-0.1, -0.05) is 17.7 Å². The van der Waals surface area contributed by atoms with Crippen LogP contribution < -0.4 is 0 Å². The smallest absolute Gasteiger partial charge is 0.335 e. The predicted molar refractivity (Wildman–Crippen MR) is 60.3 cm³/mol. The number of nitrogens with zero attached hydrogens (tertiary/aromatic N) is 2. The summed E-state index contributed by atoms with van der Waals surface area (Å²) >= 11 is 5.88. The second kappa shape index (κ2) is 3.98. The molecule has 0 aliphatic rings. The lowest BCUT2D eigenvalue weighted by molar-refractivity contribution is 0.0697. The largest absolute Gasteiger partial charge is 0.478 e. The average molecular weight is 237 g/mol. The molecular formula is C11H9ClN2O2. The monoisotopic (exact) mass is 236 g/mol. The van der Waals surface area contributed by atoms with Gasteiger partial charge in [0.25, 0.3) is 0 Å². The van der Waals surface area contributed by atoms with E-state index in [0.717, 1.165) is 0 Å². The molecule has 0 saturated carbocycles. The predicted octanol–water partition coefficient (Wildman–Crippen LogP) is 2.53. The lowest BCUT2D eigenvalue weighted by Gasteiger charge is -2.01. The van der Waals surface area contributed by atoms with Gasteiger partial charge >= 0.3 is 5.97 Å². The molecule has 2 rings (SSSR count). The number of hydrogen-bond acceptors (Lipinski definition) is 2. The Hall–Kier alpha value is -1.81. The second-order valence-electron chi connectivity index (χ2n) is 3.36. The molecule has 1 aromatic heterocycles. The molecule has 0 radical (unpaired) electrons. The van der Waals surface area contributed by atoms with Gasteiger partial charge in [-0.3, -0.25) is 0 Å². The molecule has 0 aliphatic heterocycles. The number of halogens is 1. The fourth-order valence-electron chi connectivity index (χ4n) is 1.35. The quantitative estimate of drug-likeness (QED) is 0.872. The van der Waals surface area contributed by atoms with Crippen molar-refractivity contribution in [3.8, 4) is 5.69 Å². The van der Waals surface area contributed by atoms with E-state index in [1.165, 1.54) is 6.07 Å². The molecule has 82 valence electrons. The van der Waals surface area contributed by atoms with Crippen LogP contribution in [0.25, 0.3) is 5.69 Å². The minimum atomic E-state index is -0.961. The zero-order valence-corrected chi connectivity index (χ0v) is 9.27. The fourth-order valence-corrected chi connectivity index (χ4v) is 1.48. The number of aryl methyl sites for hydroxylation is 1. The normalized spacial score (nSPS) is 10.4. The first kappa shape index (κ1) is 10.7. The van der Waals surface area contributed by atoms with Crippen molar-refractivity contribution in [3.05, 3.63) is 46.7 Å². The molecule has 1 N–H and O–H groups in total. The molecule has 0 spiro atoms. The number of benzene rings is 1. The molecule has 0 bridgehead atoms. The van der Waals surface area contributed by atoms with E-state index in [9.17, 15) is 4.79 Å². The molecule has 0 atom stereocenters. The maximum atomic E-state index is 10.8. The van der Waals surface area contributed by atoms with Gasteiger partial charge in [-0.05, 0) is 25.1 Å². The summed E-state index contributed by atoms with van der Waals surface area (Å²) in [4.78, 5) is 10.8. The van der Waals surface area contributed by atoms with Gasteiger partial charge in [0.2, 0.25) is 0 Å². The van der Waals surface area contributed by atoms with E-state index in [1.54, 1.807) is 36.0 Å². The second-order valence-corrected chi connectivity index (χ2v) is 3.77. The van der Waals surface area contributed by atoms with Gasteiger partial charge in [-0.25, -0.2) is 9.48 Å². The molecule has 0 fully saturated rings. The summed E-state index contributed by atoms with van der Waals surface area (Å²) in [6.07, 6.45) is 1.65. The first-order valence-corrected chi connectivity index (χ1v) is 5.01. The molecular weight excluding hydrogens is 228 g/mol. The van der Waals surface area contributed by atoms with E-state index < -0.39 is 5.97 Å². The summed E-state index contributed by atoms with van der Waals surface area (Å²) < 4.78 is 1.56. The number of aromatic carboxylic acids is 1. The van der Waals surface area contributed by atoms with E-state index in [1.807, 2.05) is 0 Å². The zero-order valence-electron chi connectivity index (χ0n) is 8.51. The Kier molecular flexibility index (Phi) is 2.66. The van der Waals surface area contributed by atoms with E-state index in [0.29, 0.717) is 16.4 Å². The number of aromatic nitrogens is 2. The summed E-state index contributed by atoms with van der Waals surface area (Å²) in [5.74, 6) is -0.961. The highest BCUT2D eigenvalue weighted by Crippen LogP contribution is 2.17. The Morgan fingerprint density at radius 2 is 2.25 bits per heavy atom. The minimum absolute atomic E-state index is 0.224. The zero-order chi connectivity index (χ0) is 11.7. The Bertz CT molecular complexity index is 529. The van der Waals surface area contributed by atoms with Crippen molar-refractivity contribution >= 4 is 17.6 Å². The van der Waals surface area contributed by atoms with E-state index in [2.05, 4.69) is 5.10 Å². The minimum Gasteiger partial charge on any atom is -0.478 e. The van der Waals surface area contributed by atoms with E-state index >= 15 is 0 Å². The van der Waals surface area contributed by atoms with Crippen LogP contribution >= 0.6 is 11.6 Å².